The van der Waals surface area contributed by atoms with Crippen molar-refractivity contribution in [1.82, 2.24) is 0 Å². The Bertz CT molecular complexity index is 1010. The number of anilines is 1. The molecule has 0 spiro atoms. The molecule has 1 nitrogen and oxygen atoms in total. The molecule has 0 heterocycles. The molecule has 6 heteroatoms. The van der Waals surface area contributed by atoms with Gasteiger partial charge in [0.05, 0.1) is 0 Å². The molecule has 0 atom stereocenters. The third-order valence-corrected chi connectivity index (χ3v) is 12.8. The first-order valence-corrected chi connectivity index (χ1v) is 13.7. The van der Waals surface area contributed by atoms with Gasteiger partial charge in [0, 0.05) is 0 Å². The van der Waals surface area contributed by atoms with E-state index in [1.54, 1.807) is 0 Å². The molecular formula is C24H25F4GeN. The Morgan fingerprint density at radius 2 is 0.933 bits per heavy atom. The molecule has 0 amide bonds. The molecule has 0 unspecified atom stereocenters. The predicted molar refractivity (Wildman–Crippen MR) is 117 cm³/mol. The second-order valence-corrected chi connectivity index (χ2v) is 13.5. The summed E-state index contributed by atoms with van der Waals surface area (Å²) < 4.78 is 63.5. The Morgan fingerprint density at radius 3 is 1.27 bits per heavy atom. The molecule has 0 fully saturated rings. The predicted octanol–water partition coefficient (Wildman–Crippen LogP) is 5.59. The van der Waals surface area contributed by atoms with E-state index in [0.717, 1.165) is 33.4 Å². The molecule has 0 radical (unpaired) electrons. The Kier molecular flexibility index (Phi) is 6.05. The molecule has 1 N–H and O–H groups in total. The average molecular weight is 476 g/mol. The molecule has 0 aliphatic rings. The fourth-order valence-electron chi connectivity index (χ4n) is 4.53. The first-order chi connectivity index (χ1) is 13.9. The van der Waals surface area contributed by atoms with Crippen molar-refractivity contribution in [3.05, 3.63) is 87.2 Å². The van der Waals surface area contributed by atoms with Crippen molar-refractivity contribution in [2.45, 2.75) is 41.5 Å². The monoisotopic (exact) mass is 477 g/mol. The molecule has 0 saturated heterocycles. The van der Waals surface area contributed by atoms with Gasteiger partial charge in [0.2, 0.25) is 0 Å². The molecule has 0 aliphatic carbocycles. The first kappa shape index (κ1) is 22.4. The van der Waals surface area contributed by atoms with Crippen molar-refractivity contribution < 1.29 is 16.7 Å². The summed E-state index contributed by atoms with van der Waals surface area (Å²) in [7, 11) is 0. The number of nitrogens with one attached hydrogen (secondary N) is 1. The van der Waals surface area contributed by atoms with Gasteiger partial charge >= 0.3 is 178 Å². The molecule has 158 valence electrons. The molecule has 0 saturated carbocycles. The molecular weight excluding hydrogens is 451 g/mol. The van der Waals surface area contributed by atoms with Crippen LogP contribution in [0, 0.1) is 59.0 Å². The summed E-state index contributed by atoms with van der Waals surface area (Å²) in [6.45, 7) is 11.1. The third-order valence-electron chi connectivity index (χ3n) is 5.35. The van der Waals surface area contributed by atoms with E-state index in [2.05, 4.69) is 4.27 Å². The number of benzene rings is 3. The number of hydrogen-bond acceptors (Lipinski definition) is 1. The van der Waals surface area contributed by atoms with Gasteiger partial charge in [-0.15, -0.1) is 0 Å². The van der Waals surface area contributed by atoms with Crippen molar-refractivity contribution in [1.29, 1.82) is 0 Å². The standard InChI is InChI=1S/C24H25F4GeN/c1-13-7-15(3)22(16(4)8-13)29(28,23-17(5)9-14(2)10-18(23)6)30-24-20(26)11-19(25)12-21(24)27/h7-12,30H,1-6H3. The summed E-state index contributed by atoms with van der Waals surface area (Å²) in [4.78, 5) is 0. The van der Waals surface area contributed by atoms with Gasteiger partial charge in [0.25, 0.3) is 0 Å². The molecule has 3 aromatic carbocycles. The van der Waals surface area contributed by atoms with Crippen LogP contribution in [0.1, 0.15) is 33.4 Å². The van der Waals surface area contributed by atoms with Gasteiger partial charge in [-0.2, -0.15) is 0 Å². The second-order valence-electron chi connectivity index (χ2n) is 8.08. The summed E-state index contributed by atoms with van der Waals surface area (Å²) in [6.07, 6.45) is 0. The number of aryl methyl sites for hydroxylation is 6. The topological polar surface area (TPSA) is 12.0 Å². The van der Waals surface area contributed by atoms with Crippen LogP contribution in [0.5, 0.6) is 0 Å². The van der Waals surface area contributed by atoms with Crippen LogP contribution in [0.2, 0.25) is 0 Å². The Morgan fingerprint density at radius 1 is 0.600 bits per heavy atom. The van der Waals surface area contributed by atoms with E-state index in [-0.39, 0.29) is 0 Å². The minimum absolute atomic E-state index is 0.471. The minimum atomic E-state index is -5.08. The Labute approximate surface area is 178 Å². The van der Waals surface area contributed by atoms with Gasteiger partial charge in [-0.1, -0.05) is 0 Å². The molecule has 3 aromatic rings. The second kappa shape index (κ2) is 8.10. The van der Waals surface area contributed by atoms with Gasteiger partial charge < -0.3 is 0 Å². The maximum atomic E-state index is 17.4. The van der Waals surface area contributed by atoms with Crippen LogP contribution < -0.4 is 13.1 Å². The Balaban J connectivity index is 2.37. The van der Waals surface area contributed by atoms with Crippen LogP contribution in [-0.2, 0) is 0 Å². The average Bonchev–Trinajstić information content (AvgIpc) is 2.56. The van der Waals surface area contributed by atoms with E-state index in [0.29, 0.717) is 20.9 Å². The zero-order valence-electron chi connectivity index (χ0n) is 18.0. The summed E-state index contributed by atoms with van der Waals surface area (Å²) in [5.74, 6) is -3.34. The molecule has 0 aliphatic heterocycles. The van der Waals surface area contributed by atoms with E-state index in [4.69, 9.17) is 0 Å². The van der Waals surface area contributed by atoms with Gasteiger partial charge in [-0.3, -0.25) is 0 Å². The zero-order valence-corrected chi connectivity index (χ0v) is 20.1. The normalized spacial score (nSPS) is 11.7. The quantitative estimate of drug-likeness (QED) is 0.383. The number of hydrogen-bond donors (Lipinski definition) is 1. The van der Waals surface area contributed by atoms with Crippen LogP contribution in [0.4, 0.5) is 22.4 Å². The molecule has 3 rings (SSSR count). The van der Waals surface area contributed by atoms with Crippen molar-refractivity contribution in [2.24, 2.45) is 0 Å². The zero-order chi connectivity index (χ0) is 22.4. The summed E-state index contributed by atoms with van der Waals surface area (Å²) in [5, 5.41) is 0. The summed E-state index contributed by atoms with van der Waals surface area (Å²) in [6, 6.07) is 8.63. The Hall–Kier alpha value is -2.28. The van der Waals surface area contributed by atoms with Gasteiger partial charge in [0.1, 0.15) is 0 Å². The van der Waals surface area contributed by atoms with E-state index < -0.39 is 37.1 Å². The SMILES string of the molecule is Cc1cc(C)[c]([Ge]([F])([NH]c2c(F)cc(F)cc2F)[c]2c(C)cc(C)cc2C)c(C)c1. The fraction of sp³-hybridized carbons (Fsp3) is 0.250. The van der Waals surface area contributed by atoms with Crippen molar-refractivity contribution in [3.63, 3.8) is 0 Å². The van der Waals surface area contributed by atoms with Crippen LogP contribution in [0.25, 0.3) is 0 Å². The fourth-order valence-corrected chi connectivity index (χ4v) is 12.0. The first-order valence-electron chi connectivity index (χ1n) is 9.72. The molecule has 0 aromatic heterocycles. The van der Waals surface area contributed by atoms with Gasteiger partial charge in [-0.05, 0) is 0 Å². The van der Waals surface area contributed by atoms with Crippen LogP contribution in [0.15, 0.2) is 36.4 Å². The van der Waals surface area contributed by atoms with Crippen LogP contribution in [-0.4, -0.2) is 14.0 Å². The van der Waals surface area contributed by atoms with Crippen molar-refractivity contribution in [2.75, 3.05) is 4.27 Å². The van der Waals surface area contributed by atoms with Gasteiger partial charge in [0.15, 0.2) is 0 Å². The molecule has 30 heavy (non-hydrogen) atoms. The maximum absolute atomic E-state index is 17.4. The van der Waals surface area contributed by atoms with E-state index in [1.165, 1.54) is 0 Å². The van der Waals surface area contributed by atoms with E-state index >= 15 is 3.50 Å². The van der Waals surface area contributed by atoms with E-state index in [1.807, 2.05) is 65.8 Å². The summed E-state index contributed by atoms with van der Waals surface area (Å²) in [5.41, 5.74) is 4.24. The number of rotatable bonds is 4. The van der Waals surface area contributed by atoms with Crippen LogP contribution in [0.3, 0.4) is 0 Å². The van der Waals surface area contributed by atoms with Crippen molar-refractivity contribution in [3.8, 4) is 0 Å². The van der Waals surface area contributed by atoms with Crippen molar-refractivity contribution >= 4 is 28.4 Å². The summed E-state index contributed by atoms with van der Waals surface area (Å²) >= 11 is -5.08. The third kappa shape index (κ3) is 4.00. The molecule has 0 bridgehead atoms. The van der Waals surface area contributed by atoms with E-state index in [9.17, 15) is 13.2 Å². The van der Waals surface area contributed by atoms with Crippen LogP contribution >= 0.6 is 0 Å². The number of halogens is 4. The van der Waals surface area contributed by atoms with Gasteiger partial charge in [-0.25, -0.2) is 0 Å².